The van der Waals surface area contributed by atoms with Crippen molar-refractivity contribution in [1.82, 2.24) is 0 Å². The number of aliphatic hydroxyl groups excluding tert-OH is 1. The number of hydrogen-bond donors (Lipinski definition) is 1. The molecule has 0 bridgehead atoms. The summed E-state index contributed by atoms with van der Waals surface area (Å²) >= 11 is 0. The predicted octanol–water partition coefficient (Wildman–Crippen LogP) is 1.64. The molecule has 2 fully saturated rings. The zero-order chi connectivity index (χ0) is 12.8. The molecule has 4 nitrogen and oxygen atoms in total. The third-order valence-electron chi connectivity index (χ3n) is 3.38. The molecule has 0 amide bonds. The minimum Gasteiger partial charge on any atom is -0.394 e. The molecule has 2 heterocycles. The fraction of sp³-hybridized carbons (Fsp3) is 0.571. The molecule has 3 rings (SSSR count). The van der Waals surface area contributed by atoms with E-state index in [1.807, 2.05) is 44.2 Å². The van der Waals surface area contributed by atoms with Gasteiger partial charge in [0.15, 0.2) is 5.79 Å². The lowest BCUT2D eigenvalue weighted by atomic mass is 10.0. The Morgan fingerprint density at radius 1 is 1.11 bits per heavy atom. The van der Waals surface area contributed by atoms with E-state index in [-0.39, 0.29) is 31.0 Å². The molecule has 2 aliphatic heterocycles. The summed E-state index contributed by atoms with van der Waals surface area (Å²) < 4.78 is 17.3. The van der Waals surface area contributed by atoms with E-state index in [2.05, 4.69) is 0 Å². The summed E-state index contributed by atoms with van der Waals surface area (Å²) in [5.41, 5.74) is 1.08. The second-order valence-corrected chi connectivity index (χ2v) is 5.25. The molecule has 1 aromatic carbocycles. The number of hydrogen-bond acceptors (Lipinski definition) is 4. The highest BCUT2D eigenvalue weighted by Gasteiger charge is 2.55. The molecule has 0 unspecified atom stereocenters. The summed E-state index contributed by atoms with van der Waals surface area (Å²) in [7, 11) is 0. The average Bonchev–Trinajstić information content (AvgIpc) is 3.08. The summed E-state index contributed by atoms with van der Waals surface area (Å²) in [5, 5.41) is 9.10. The summed E-state index contributed by atoms with van der Waals surface area (Å²) in [6.45, 7) is 3.84. The first-order valence-electron chi connectivity index (χ1n) is 6.27. The van der Waals surface area contributed by atoms with Gasteiger partial charge in [0.25, 0.3) is 0 Å². The second kappa shape index (κ2) is 4.31. The maximum Gasteiger partial charge on any atom is 0.164 e. The minimum absolute atomic E-state index is 0.0342. The Morgan fingerprint density at radius 2 is 1.83 bits per heavy atom. The highest BCUT2D eigenvalue weighted by Crippen LogP contribution is 2.44. The van der Waals surface area contributed by atoms with Gasteiger partial charge in [0, 0.05) is 0 Å². The first-order valence-corrected chi connectivity index (χ1v) is 6.27. The van der Waals surface area contributed by atoms with Crippen LogP contribution in [0.5, 0.6) is 0 Å². The van der Waals surface area contributed by atoms with E-state index in [1.54, 1.807) is 0 Å². The van der Waals surface area contributed by atoms with E-state index in [1.165, 1.54) is 0 Å². The van der Waals surface area contributed by atoms with Crippen LogP contribution in [0.1, 0.15) is 25.5 Å². The number of aliphatic hydroxyl groups is 1. The zero-order valence-electron chi connectivity index (χ0n) is 10.6. The number of rotatable bonds is 3. The summed E-state index contributed by atoms with van der Waals surface area (Å²) in [6.07, 6.45) is -0.469. The molecule has 2 saturated heterocycles. The monoisotopic (exact) mass is 250 g/mol. The van der Waals surface area contributed by atoms with Gasteiger partial charge in [-0.1, -0.05) is 30.3 Å². The van der Waals surface area contributed by atoms with Crippen LogP contribution in [0.2, 0.25) is 0 Å². The molecule has 0 aliphatic carbocycles. The topological polar surface area (TPSA) is 51.2 Å². The van der Waals surface area contributed by atoms with Crippen molar-refractivity contribution in [3.63, 3.8) is 0 Å². The van der Waals surface area contributed by atoms with Gasteiger partial charge in [-0.2, -0.15) is 0 Å². The highest BCUT2D eigenvalue weighted by molar-refractivity contribution is 5.21. The van der Waals surface area contributed by atoms with Crippen molar-refractivity contribution in [2.24, 2.45) is 0 Å². The maximum absolute atomic E-state index is 9.10. The molecule has 0 spiro atoms. The third-order valence-corrected chi connectivity index (χ3v) is 3.38. The lowest BCUT2D eigenvalue weighted by Gasteiger charge is -2.16. The predicted molar refractivity (Wildman–Crippen MR) is 65.0 cm³/mol. The largest absolute Gasteiger partial charge is 0.394 e. The van der Waals surface area contributed by atoms with Gasteiger partial charge in [-0.25, -0.2) is 0 Å². The van der Waals surface area contributed by atoms with Crippen molar-refractivity contribution >= 4 is 0 Å². The first kappa shape index (κ1) is 12.1. The van der Waals surface area contributed by atoms with Crippen LogP contribution in [0.4, 0.5) is 0 Å². The van der Waals surface area contributed by atoms with Crippen molar-refractivity contribution in [2.45, 2.75) is 44.1 Å². The van der Waals surface area contributed by atoms with E-state index < -0.39 is 5.79 Å². The molecule has 2 aliphatic rings. The second-order valence-electron chi connectivity index (χ2n) is 5.25. The third kappa shape index (κ3) is 2.17. The van der Waals surface area contributed by atoms with Gasteiger partial charge in [0.2, 0.25) is 0 Å². The summed E-state index contributed by atoms with van der Waals surface area (Å²) in [5.74, 6) is -0.614. The molecule has 0 saturated carbocycles. The van der Waals surface area contributed by atoms with Crippen LogP contribution >= 0.6 is 0 Å². The van der Waals surface area contributed by atoms with Gasteiger partial charge in [0.1, 0.15) is 24.4 Å². The molecule has 0 radical (unpaired) electrons. The van der Waals surface area contributed by atoms with Gasteiger partial charge in [-0.3, -0.25) is 0 Å². The Labute approximate surface area is 106 Å². The van der Waals surface area contributed by atoms with Gasteiger partial charge >= 0.3 is 0 Å². The standard InChI is InChI=1S/C14H18O4/c1-14(2)17-11(9-6-4-3-5-7-9)13(18-14)12-10(8-15)16-12/h3-7,10-13,15H,8H2,1-2H3/t10-,11+,12+,13-/m0/s1. The van der Waals surface area contributed by atoms with E-state index in [4.69, 9.17) is 19.3 Å². The highest BCUT2D eigenvalue weighted by atomic mass is 16.8. The van der Waals surface area contributed by atoms with Gasteiger partial charge in [-0.15, -0.1) is 0 Å². The average molecular weight is 250 g/mol. The number of epoxide rings is 1. The van der Waals surface area contributed by atoms with Crippen molar-refractivity contribution < 1.29 is 19.3 Å². The zero-order valence-corrected chi connectivity index (χ0v) is 10.6. The Hall–Kier alpha value is -0.940. The van der Waals surface area contributed by atoms with Crippen LogP contribution in [-0.4, -0.2) is 35.8 Å². The minimum atomic E-state index is -0.614. The molecule has 4 heteroatoms. The number of ether oxygens (including phenoxy) is 3. The van der Waals surface area contributed by atoms with Crippen LogP contribution < -0.4 is 0 Å². The van der Waals surface area contributed by atoms with E-state index in [0.717, 1.165) is 5.56 Å². The lowest BCUT2D eigenvalue weighted by molar-refractivity contribution is -0.148. The molecule has 1 N–H and O–H groups in total. The molecule has 18 heavy (non-hydrogen) atoms. The van der Waals surface area contributed by atoms with Gasteiger partial charge in [-0.05, 0) is 19.4 Å². The van der Waals surface area contributed by atoms with E-state index in [0.29, 0.717) is 0 Å². The maximum atomic E-state index is 9.10. The Balaban J connectivity index is 1.83. The van der Waals surface area contributed by atoms with Crippen molar-refractivity contribution in [3.8, 4) is 0 Å². The Bertz CT molecular complexity index is 417. The lowest BCUT2D eigenvalue weighted by Crippen LogP contribution is -2.26. The van der Waals surface area contributed by atoms with Gasteiger partial charge in [0.05, 0.1) is 6.61 Å². The fourth-order valence-corrected chi connectivity index (χ4v) is 2.52. The van der Waals surface area contributed by atoms with Crippen LogP contribution in [0.3, 0.4) is 0 Å². The van der Waals surface area contributed by atoms with Gasteiger partial charge < -0.3 is 19.3 Å². The fourth-order valence-electron chi connectivity index (χ4n) is 2.52. The normalized spacial score (nSPS) is 37.7. The van der Waals surface area contributed by atoms with Crippen LogP contribution in [0, 0.1) is 0 Å². The van der Waals surface area contributed by atoms with E-state index >= 15 is 0 Å². The smallest absolute Gasteiger partial charge is 0.164 e. The van der Waals surface area contributed by atoms with Crippen LogP contribution in [0.15, 0.2) is 30.3 Å². The molecule has 4 atom stereocenters. The molecule has 0 aromatic heterocycles. The van der Waals surface area contributed by atoms with Crippen molar-refractivity contribution in [1.29, 1.82) is 0 Å². The molecular weight excluding hydrogens is 232 g/mol. The Morgan fingerprint density at radius 3 is 2.44 bits per heavy atom. The SMILES string of the molecule is CC1(C)O[C@H]([C@@H]2O[C@H]2CO)[C@@H](c2ccccc2)O1. The molecule has 1 aromatic rings. The van der Waals surface area contributed by atoms with Crippen molar-refractivity contribution in [3.05, 3.63) is 35.9 Å². The molecule has 98 valence electrons. The van der Waals surface area contributed by atoms with Crippen molar-refractivity contribution in [2.75, 3.05) is 6.61 Å². The quantitative estimate of drug-likeness (QED) is 0.829. The first-order chi connectivity index (χ1) is 8.61. The summed E-state index contributed by atoms with van der Waals surface area (Å²) in [4.78, 5) is 0. The van der Waals surface area contributed by atoms with Crippen LogP contribution in [0.25, 0.3) is 0 Å². The molecular formula is C14H18O4. The van der Waals surface area contributed by atoms with E-state index in [9.17, 15) is 0 Å². The van der Waals surface area contributed by atoms with Crippen LogP contribution in [-0.2, 0) is 14.2 Å². The number of benzene rings is 1. The summed E-state index contributed by atoms with van der Waals surface area (Å²) in [6, 6.07) is 10.00. The Kier molecular flexibility index (Phi) is 2.90.